The number of hydrogen-bond acceptors (Lipinski definition) is 3. The van der Waals surface area contributed by atoms with Crippen molar-refractivity contribution in [1.82, 2.24) is 5.32 Å². The molecule has 1 aliphatic heterocycles. The van der Waals surface area contributed by atoms with Crippen LogP contribution in [0.2, 0.25) is 13.1 Å². The molecule has 3 aromatic rings. The average Bonchev–Trinajstić information content (AvgIpc) is 2.82. The Bertz CT molecular complexity index is 1030. The molecule has 1 saturated heterocycles. The normalized spacial score (nSPS) is 20.1. The predicted molar refractivity (Wildman–Crippen MR) is 150 cm³/mol. The number of hydrogen-bond donors (Lipinski definition) is 1. The SMILES string of the molecule is C[SiH](C)OC(C)(C1C(=O)NC1SC(c1ccccc1)(c1ccccc1)c1ccccc1)C(C)(C)C. The summed E-state index contributed by atoms with van der Waals surface area (Å²) in [7, 11) is -1.41. The highest BCUT2D eigenvalue weighted by Gasteiger charge is 2.59. The molecule has 1 amide bonds. The van der Waals surface area contributed by atoms with Gasteiger partial charge in [0.1, 0.15) is 0 Å². The lowest BCUT2D eigenvalue weighted by atomic mass is 9.67. The molecule has 0 aromatic heterocycles. The van der Waals surface area contributed by atoms with Gasteiger partial charge in [-0.1, -0.05) is 112 Å². The van der Waals surface area contributed by atoms with Gasteiger partial charge in [-0.05, 0) is 42.1 Å². The summed E-state index contributed by atoms with van der Waals surface area (Å²) in [5.41, 5.74) is 2.82. The van der Waals surface area contributed by atoms with E-state index in [0.29, 0.717) is 0 Å². The van der Waals surface area contributed by atoms with E-state index in [9.17, 15) is 4.79 Å². The minimum Gasteiger partial charge on any atom is -0.414 e. The number of benzene rings is 3. The Morgan fingerprint density at radius 1 is 0.743 bits per heavy atom. The summed E-state index contributed by atoms with van der Waals surface area (Å²) in [5, 5.41) is 3.17. The molecule has 0 radical (unpaired) electrons. The molecular weight excluding hydrogens is 466 g/mol. The van der Waals surface area contributed by atoms with E-state index in [0.717, 1.165) is 0 Å². The van der Waals surface area contributed by atoms with Gasteiger partial charge in [-0.2, -0.15) is 0 Å². The van der Waals surface area contributed by atoms with Crippen LogP contribution in [0, 0.1) is 11.3 Å². The first-order chi connectivity index (χ1) is 16.6. The minimum absolute atomic E-state index is 0.0812. The van der Waals surface area contributed by atoms with Crippen LogP contribution in [0.25, 0.3) is 0 Å². The monoisotopic (exact) mass is 503 g/mol. The van der Waals surface area contributed by atoms with Gasteiger partial charge < -0.3 is 9.74 Å². The molecule has 3 atom stereocenters. The van der Waals surface area contributed by atoms with Crippen LogP contribution in [0.5, 0.6) is 0 Å². The maximum atomic E-state index is 13.2. The highest BCUT2D eigenvalue weighted by molar-refractivity contribution is 8.01. The zero-order valence-corrected chi connectivity index (χ0v) is 23.6. The van der Waals surface area contributed by atoms with E-state index in [1.807, 2.05) is 11.8 Å². The summed E-state index contributed by atoms with van der Waals surface area (Å²) in [6.45, 7) is 13.1. The molecule has 3 unspecified atom stereocenters. The fraction of sp³-hybridized carbons (Fsp3) is 0.367. The molecule has 3 aromatic carbocycles. The third-order valence-corrected chi connectivity index (χ3v) is 9.94. The second-order valence-electron chi connectivity index (χ2n) is 10.8. The Balaban J connectivity index is 1.88. The fourth-order valence-corrected chi connectivity index (χ4v) is 8.48. The maximum Gasteiger partial charge on any atom is 0.229 e. The fourth-order valence-electron chi connectivity index (χ4n) is 5.11. The second-order valence-corrected chi connectivity index (χ2v) is 14.5. The number of amides is 1. The Morgan fingerprint density at radius 3 is 1.46 bits per heavy atom. The zero-order chi connectivity index (χ0) is 25.3. The molecule has 0 aliphatic carbocycles. The zero-order valence-electron chi connectivity index (χ0n) is 21.6. The summed E-state index contributed by atoms with van der Waals surface area (Å²) in [4.78, 5) is 13.2. The summed E-state index contributed by atoms with van der Waals surface area (Å²) < 4.78 is 6.21. The lowest BCUT2D eigenvalue weighted by molar-refractivity contribution is -0.153. The topological polar surface area (TPSA) is 38.3 Å². The van der Waals surface area contributed by atoms with Gasteiger partial charge in [0.2, 0.25) is 5.91 Å². The van der Waals surface area contributed by atoms with Crippen LogP contribution in [-0.4, -0.2) is 25.9 Å². The highest BCUT2D eigenvalue weighted by Crippen LogP contribution is 2.55. The van der Waals surface area contributed by atoms with E-state index in [1.54, 1.807) is 0 Å². The second kappa shape index (κ2) is 9.96. The van der Waals surface area contributed by atoms with Gasteiger partial charge in [0.25, 0.3) is 0 Å². The van der Waals surface area contributed by atoms with Crippen LogP contribution in [0.15, 0.2) is 91.0 Å². The molecule has 3 nitrogen and oxygen atoms in total. The van der Waals surface area contributed by atoms with Gasteiger partial charge in [-0.25, -0.2) is 0 Å². The molecule has 5 heteroatoms. The van der Waals surface area contributed by atoms with Gasteiger partial charge in [0.05, 0.1) is 21.6 Å². The summed E-state index contributed by atoms with van der Waals surface area (Å²) in [5.74, 6) is -0.171. The first-order valence-electron chi connectivity index (χ1n) is 12.4. The van der Waals surface area contributed by atoms with Crippen LogP contribution < -0.4 is 5.32 Å². The number of rotatable bonds is 8. The van der Waals surface area contributed by atoms with Crippen molar-refractivity contribution in [2.45, 2.75) is 56.5 Å². The lowest BCUT2D eigenvalue weighted by Gasteiger charge is -2.55. The van der Waals surface area contributed by atoms with Crippen molar-refractivity contribution < 1.29 is 9.22 Å². The van der Waals surface area contributed by atoms with Crippen molar-refractivity contribution in [3.63, 3.8) is 0 Å². The van der Waals surface area contributed by atoms with Crippen molar-refractivity contribution in [1.29, 1.82) is 0 Å². The van der Waals surface area contributed by atoms with E-state index in [1.165, 1.54) is 16.7 Å². The standard InChI is InChI=1S/C30H37NO2SSi/c1-28(2,3)29(4,33-35(5)6)25-26(32)31-27(25)34-30(22-16-10-7-11-17-22,23-18-12-8-13-19-23)24-20-14-9-15-21-24/h7-21,25,27,35H,1-6H3,(H,31,32). The predicted octanol–water partition coefficient (Wildman–Crippen LogP) is 6.59. The molecule has 184 valence electrons. The molecule has 0 saturated carbocycles. The number of β-lactam (4-membered cyclic amide) rings is 1. The molecule has 4 rings (SSSR count). The summed E-state index contributed by atoms with van der Waals surface area (Å²) in [6.07, 6.45) is 0. The van der Waals surface area contributed by atoms with Gasteiger partial charge in [0.15, 0.2) is 9.04 Å². The van der Waals surface area contributed by atoms with Crippen molar-refractivity contribution in [2.75, 3.05) is 0 Å². The molecule has 0 bridgehead atoms. The molecule has 35 heavy (non-hydrogen) atoms. The van der Waals surface area contributed by atoms with Gasteiger partial charge in [0, 0.05) is 0 Å². The maximum absolute atomic E-state index is 13.2. The van der Waals surface area contributed by atoms with Crippen LogP contribution >= 0.6 is 11.8 Å². The van der Waals surface area contributed by atoms with Crippen LogP contribution in [0.4, 0.5) is 0 Å². The summed E-state index contributed by atoms with van der Waals surface area (Å²) >= 11 is 1.82. The van der Waals surface area contributed by atoms with Crippen molar-refractivity contribution in [3.05, 3.63) is 108 Å². The number of nitrogens with one attached hydrogen (secondary N) is 1. The first kappa shape index (κ1) is 25.7. The van der Waals surface area contributed by atoms with E-state index in [4.69, 9.17) is 4.43 Å². The Hall–Kier alpha value is -2.34. The van der Waals surface area contributed by atoms with Crippen molar-refractivity contribution in [3.8, 4) is 0 Å². The average molecular weight is 504 g/mol. The van der Waals surface area contributed by atoms with Gasteiger partial charge in [-0.15, -0.1) is 11.8 Å². The molecular formula is C30H37NO2SSi. The Labute approximate surface area is 216 Å². The molecule has 1 heterocycles. The highest BCUT2D eigenvalue weighted by atomic mass is 32.2. The minimum atomic E-state index is -1.41. The molecule has 1 aliphatic rings. The smallest absolute Gasteiger partial charge is 0.229 e. The van der Waals surface area contributed by atoms with Crippen molar-refractivity contribution in [2.24, 2.45) is 11.3 Å². The van der Waals surface area contributed by atoms with Crippen LogP contribution in [-0.2, 0) is 14.0 Å². The lowest BCUT2D eigenvalue weighted by Crippen LogP contribution is -2.70. The quantitative estimate of drug-likeness (QED) is 0.214. The molecule has 1 fully saturated rings. The Morgan fingerprint density at radius 2 is 1.14 bits per heavy atom. The number of thioether (sulfide) groups is 1. The van der Waals surface area contributed by atoms with Gasteiger partial charge in [-0.3, -0.25) is 4.79 Å². The van der Waals surface area contributed by atoms with Gasteiger partial charge >= 0.3 is 0 Å². The van der Waals surface area contributed by atoms with Crippen LogP contribution in [0.1, 0.15) is 44.4 Å². The third kappa shape index (κ3) is 4.74. The van der Waals surface area contributed by atoms with E-state index in [2.05, 4.69) is 137 Å². The van der Waals surface area contributed by atoms with E-state index in [-0.39, 0.29) is 22.6 Å². The number of carbonyl (C=O) groups excluding carboxylic acids is 1. The Kier molecular flexibility index (Phi) is 7.32. The van der Waals surface area contributed by atoms with E-state index < -0.39 is 19.4 Å². The number of carbonyl (C=O) groups is 1. The molecule has 0 spiro atoms. The summed E-state index contributed by atoms with van der Waals surface area (Å²) in [6, 6.07) is 31.9. The largest absolute Gasteiger partial charge is 0.414 e. The third-order valence-electron chi connectivity index (χ3n) is 7.28. The van der Waals surface area contributed by atoms with Crippen molar-refractivity contribution >= 4 is 26.7 Å². The first-order valence-corrected chi connectivity index (χ1v) is 16.1. The molecule has 1 N–H and O–H groups in total. The van der Waals surface area contributed by atoms with Crippen LogP contribution in [0.3, 0.4) is 0 Å². The van der Waals surface area contributed by atoms with E-state index >= 15 is 0 Å².